The van der Waals surface area contributed by atoms with Gasteiger partial charge in [-0.3, -0.25) is 4.79 Å². The number of methoxy groups -OCH3 is 1. The molecule has 0 bridgehead atoms. The van der Waals surface area contributed by atoms with E-state index in [9.17, 15) is 18.0 Å². The summed E-state index contributed by atoms with van der Waals surface area (Å²) >= 11 is 0. The van der Waals surface area contributed by atoms with Crippen LogP contribution in [0, 0.1) is 0 Å². The highest BCUT2D eigenvalue weighted by Crippen LogP contribution is 2.20. The number of rotatable bonds is 3. The van der Waals surface area contributed by atoms with E-state index in [-0.39, 0.29) is 11.8 Å². The molecule has 0 aliphatic heterocycles. The highest BCUT2D eigenvalue weighted by Gasteiger charge is 2.30. The number of carbonyl (C=O) groups excluding carboxylic acids is 2. The molecule has 0 atom stereocenters. The van der Waals surface area contributed by atoms with Crippen LogP contribution in [0.3, 0.4) is 0 Å². The van der Waals surface area contributed by atoms with Crippen molar-refractivity contribution in [2.45, 2.75) is 31.7 Å². The van der Waals surface area contributed by atoms with Crippen LogP contribution in [0.15, 0.2) is 0 Å². The smallest absolute Gasteiger partial charge is 0.421 e. The molecule has 1 rings (SSSR count). The second kappa shape index (κ2) is 5.46. The minimum atomic E-state index is -3.89. The van der Waals surface area contributed by atoms with Crippen LogP contribution in [-0.4, -0.2) is 44.8 Å². The molecule has 0 aromatic heterocycles. The summed E-state index contributed by atoms with van der Waals surface area (Å²) in [5.41, 5.74) is 0. The lowest BCUT2D eigenvalue weighted by Crippen LogP contribution is -2.47. The van der Waals surface area contributed by atoms with E-state index in [0.29, 0.717) is 25.7 Å². The predicted octanol–water partition coefficient (Wildman–Crippen LogP) is 0.0307. The Bertz CT molecular complexity index is 396. The number of amides is 1. The van der Waals surface area contributed by atoms with Crippen LogP contribution in [0.2, 0.25) is 0 Å². The Hall–Kier alpha value is -1.15. The lowest BCUT2D eigenvalue weighted by molar-refractivity contribution is -0.120. The zero-order chi connectivity index (χ0) is 13.1. The molecular formula is C9H16N2O5S. The van der Waals surface area contributed by atoms with E-state index in [0.717, 1.165) is 11.4 Å². The summed E-state index contributed by atoms with van der Waals surface area (Å²) in [6, 6.07) is -0.255. The van der Waals surface area contributed by atoms with Gasteiger partial charge in [-0.05, 0) is 12.8 Å². The number of ether oxygens (including phenoxy) is 1. The number of ketones is 1. The van der Waals surface area contributed by atoms with Crippen molar-refractivity contribution in [1.29, 1.82) is 0 Å². The number of nitrogens with one attached hydrogen (secondary N) is 1. The maximum Gasteiger partial charge on any atom is 0.421 e. The van der Waals surface area contributed by atoms with Gasteiger partial charge < -0.3 is 4.74 Å². The predicted molar refractivity (Wildman–Crippen MR) is 59.5 cm³/mol. The third-order valence-electron chi connectivity index (χ3n) is 2.80. The van der Waals surface area contributed by atoms with Crippen molar-refractivity contribution in [3.63, 3.8) is 0 Å². The van der Waals surface area contributed by atoms with E-state index in [1.807, 2.05) is 0 Å². The molecule has 0 heterocycles. The van der Waals surface area contributed by atoms with E-state index < -0.39 is 16.3 Å². The summed E-state index contributed by atoms with van der Waals surface area (Å²) < 4.78 is 30.5. The Labute approximate surface area is 100 Å². The van der Waals surface area contributed by atoms with Gasteiger partial charge in [-0.1, -0.05) is 0 Å². The Morgan fingerprint density at radius 3 is 2.41 bits per heavy atom. The average Bonchev–Trinajstić information content (AvgIpc) is 2.28. The van der Waals surface area contributed by atoms with Crippen LogP contribution < -0.4 is 4.72 Å². The van der Waals surface area contributed by atoms with Crippen molar-refractivity contribution in [2.75, 3.05) is 14.2 Å². The fraction of sp³-hybridized carbons (Fsp3) is 0.778. The van der Waals surface area contributed by atoms with E-state index in [4.69, 9.17) is 0 Å². The topological polar surface area (TPSA) is 92.8 Å². The van der Waals surface area contributed by atoms with E-state index in [2.05, 4.69) is 4.74 Å². The molecule has 1 amide bonds. The van der Waals surface area contributed by atoms with Crippen molar-refractivity contribution in [3.05, 3.63) is 0 Å². The molecule has 1 aliphatic rings. The first-order valence-corrected chi connectivity index (χ1v) is 6.66. The summed E-state index contributed by atoms with van der Waals surface area (Å²) in [5.74, 6) is 0.146. The van der Waals surface area contributed by atoms with Crippen LogP contribution >= 0.6 is 0 Å². The molecule has 17 heavy (non-hydrogen) atoms. The second-order valence-corrected chi connectivity index (χ2v) is 5.61. The number of hydrogen-bond donors (Lipinski definition) is 1. The summed E-state index contributed by atoms with van der Waals surface area (Å²) in [6.45, 7) is 0. The van der Waals surface area contributed by atoms with Gasteiger partial charge in [-0.15, -0.1) is 0 Å². The normalized spacial score (nSPS) is 18.2. The summed E-state index contributed by atoms with van der Waals surface area (Å²) in [4.78, 5) is 21.9. The van der Waals surface area contributed by atoms with Crippen LogP contribution in [0.5, 0.6) is 0 Å². The molecule has 0 spiro atoms. The molecule has 0 saturated heterocycles. The van der Waals surface area contributed by atoms with E-state index in [1.54, 1.807) is 4.72 Å². The molecule has 7 nitrogen and oxygen atoms in total. The van der Waals surface area contributed by atoms with Gasteiger partial charge in [0.2, 0.25) is 0 Å². The minimum absolute atomic E-state index is 0.146. The maximum absolute atomic E-state index is 11.7. The molecule has 0 radical (unpaired) electrons. The van der Waals surface area contributed by atoms with Gasteiger partial charge in [0.05, 0.1) is 7.11 Å². The Morgan fingerprint density at radius 1 is 1.41 bits per heavy atom. The van der Waals surface area contributed by atoms with Gasteiger partial charge in [-0.25, -0.2) is 9.52 Å². The Kier molecular flexibility index (Phi) is 4.47. The van der Waals surface area contributed by atoms with Crippen molar-refractivity contribution in [3.8, 4) is 0 Å². The number of Topliss-reactive ketones (excluding diaryl/α,β-unsaturated/α-hetero) is 1. The second-order valence-electron chi connectivity index (χ2n) is 3.88. The molecule has 98 valence electrons. The lowest BCUT2D eigenvalue weighted by Gasteiger charge is -2.29. The van der Waals surface area contributed by atoms with E-state index >= 15 is 0 Å². The molecule has 1 saturated carbocycles. The van der Waals surface area contributed by atoms with Gasteiger partial charge >= 0.3 is 16.3 Å². The van der Waals surface area contributed by atoms with Crippen LogP contribution in [0.25, 0.3) is 0 Å². The molecule has 8 heteroatoms. The quantitative estimate of drug-likeness (QED) is 0.776. The fourth-order valence-electron chi connectivity index (χ4n) is 1.70. The summed E-state index contributed by atoms with van der Waals surface area (Å²) in [6.07, 6.45) is 0.698. The van der Waals surface area contributed by atoms with Crippen molar-refractivity contribution >= 4 is 22.1 Å². The molecule has 1 N–H and O–H groups in total. The number of nitrogens with zero attached hydrogens (tertiary/aromatic N) is 1. The van der Waals surface area contributed by atoms with Crippen molar-refractivity contribution in [1.82, 2.24) is 9.03 Å². The van der Waals surface area contributed by atoms with Crippen LogP contribution in [-0.2, 0) is 19.7 Å². The standard InChI is InChI=1S/C9H16N2O5S/c1-11(7-3-5-8(12)6-4-7)17(14,15)10-9(13)16-2/h7H,3-6H2,1-2H3,(H,10,13). The molecule has 1 aliphatic carbocycles. The summed E-state index contributed by atoms with van der Waals surface area (Å²) in [5, 5.41) is 0. The Morgan fingerprint density at radius 2 is 1.94 bits per heavy atom. The zero-order valence-electron chi connectivity index (χ0n) is 9.80. The SMILES string of the molecule is COC(=O)NS(=O)(=O)N(C)C1CCC(=O)CC1. The third kappa shape index (κ3) is 3.67. The fourth-order valence-corrected chi connectivity index (χ4v) is 2.74. The first kappa shape index (κ1) is 13.9. The maximum atomic E-state index is 11.7. The first-order chi connectivity index (χ1) is 7.86. The van der Waals surface area contributed by atoms with Gasteiger partial charge in [0, 0.05) is 25.9 Å². The monoisotopic (exact) mass is 264 g/mol. The van der Waals surface area contributed by atoms with Gasteiger partial charge in [-0.2, -0.15) is 12.7 Å². The van der Waals surface area contributed by atoms with Crippen LogP contribution in [0.4, 0.5) is 4.79 Å². The average molecular weight is 264 g/mol. The molecular weight excluding hydrogens is 248 g/mol. The highest BCUT2D eigenvalue weighted by atomic mass is 32.2. The van der Waals surface area contributed by atoms with E-state index in [1.165, 1.54) is 7.05 Å². The highest BCUT2D eigenvalue weighted by molar-refractivity contribution is 7.87. The van der Waals surface area contributed by atoms with Crippen molar-refractivity contribution in [2.24, 2.45) is 0 Å². The van der Waals surface area contributed by atoms with Gasteiger partial charge in [0.25, 0.3) is 0 Å². The van der Waals surface area contributed by atoms with Gasteiger partial charge in [0.1, 0.15) is 5.78 Å². The van der Waals surface area contributed by atoms with Gasteiger partial charge in [0.15, 0.2) is 0 Å². The third-order valence-corrected chi connectivity index (χ3v) is 4.28. The molecule has 0 unspecified atom stereocenters. The number of carbonyl (C=O) groups is 2. The minimum Gasteiger partial charge on any atom is -0.452 e. The van der Waals surface area contributed by atoms with Crippen LogP contribution in [0.1, 0.15) is 25.7 Å². The first-order valence-electron chi connectivity index (χ1n) is 5.22. The lowest BCUT2D eigenvalue weighted by atomic mass is 9.95. The summed E-state index contributed by atoms with van der Waals surface area (Å²) in [7, 11) is -1.42. The molecule has 0 aromatic rings. The number of hydrogen-bond acceptors (Lipinski definition) is 5. The molecule has 1 fully saturated rings. The largest absolute Gasteiger partial charge is 0.452 e. The zero-order valence-corrected chi connectivity index (χ0v) is 10.6. The molecule has 0 aromatic carbocycles. The Balaban J connectivity index is 2.65. The van der Waals surface area contributed by atoms with Crippen molar-refractivity contribution < 1.29 is 22.7 Å².